The molecule has 0 saturated heterocycles. The molecule has 0 atom stereocenters. The number of methoxy groups -OCH3 is 1. The summed E-state index contributed by atoms with van der Waals surface area (Å²) in [7, 11) is 3.17. The summed E-state index contributed by atoms with van der Waals surface area (Å²) in [5, 5.41) is 8.83. The molecule has 43 heavy (non-hydrogen) atoms. The van der Waals surface area contributed by atoms with Crippen LogP contribution in [-0.4, -0.2) is 42.0 Å². The Hall–Kier alpha value is -5.71. The van der Waals surface area contributed by atoms with Crippen molar-refractivity contribution in [1.82, 2.24) is 9.97 Å². The van der Waals surface area contributed by atoms with Crippen molar-refractivity contribution in [1.29, 1.82) is 0 Å². The number of nitrogens with one attached hydrogen (secondary N) is 3. The zero-order valence-corrected chi connectivity index (χ0v) is 24.3. The highest BCUT2D eigenvalue weighted by molar-refractivity contribution is 6.08. The van der Waals surface area contributed by atoms with E-state index in [1.54, 1.807) is 60.6 Å². The molecule has 5 rings (SSSR count). The van der Waals surface area contributed by atoms with Gasteiger partial charge in [-0.3, -0.25) is 19.4 Å². The Bertz CT molecular complexity index is 1750. The van der Waals surface area contributed by atoms with Crippen molar-refractivity contribution in [3.05, 3.63) is 102 Å². The third-order valence-corrected chi connectivity index (χ3v) is 7.05. The summed E-state index contributed by atoms with van der Waals surface area (Å²) in [5.74, 6) is 0.609. The molecular formula is C32H31N7O4. The number of hydrogen-bond donors (Lipinski definition) is 3. The maximum Gasteiger partial charge on any atom is 0.330 e. The van der Waals surface area contributed by atoms with E-state index in [0.717, 1.165) is 16.7 Å². The summed E-state index contributed by atoms with van der Waals surface area (Å²) >= 11 is 0. The Labute approximate surface area is 249 Å². The highest BCUT2D eigenvalue weighted by Gasteiger charge is 2.31. The number of benzene rings is 3. The van der Waals surface area contributed by atoms with Crippen molar-refractivity contribution >= 4 is 52.4 Å². The van der Waals surface area contributed by atoms with Crippen molar-refractivity contribution in [2.24, 2.45) is 0 Å². The van der Waals surface area contributed by atoms with Crippen LogP contribution in [-0.2, 0) is 11.3 Å². The number of anilines is 6. The molecular weight excluding hydrogens is 546 g/mol. The van der Waals surface area contributed by atoms with Gasteiger partial charge in [0.2, 0.25) is 11.9 Å². The summed E-state index contributed by atoms with van der Waals surface area (Å²) < 4.78 is 5.32. The summed E-state index contributed by atoms with van der Waals surface area (Å²) in [6.45, 7) is 7.52. The van der Waals surface area contributed by atoms with E-state index in [0.29, 0.717) is 45.8 Å². The quantitative estimate of drug-likeness (QED) is 0.226. The number of aromatic nitrogens is 2. The molecule has 0 saturated carbocycles. The second-order valence-electron chi connectivity index (χ2n) is 9.97. The number of hydrogen-bond acceptors (Lipinski definition) is 7. The topological polar surface area (TPSA) is 129 Å². The molecule has 0 spiro atoms. The van der Waals surface area contributed by atoms with E-state index in [-0.39, 0.29) is 24.4 Å². The lowest BCUT2D eigenvalue weighted by molar-refractivity contribution is -0.111. The molecule has 218 valence electrons. The number of carbonyl (C=O) groups is 3. The third kappa shape index (κ3) is 6.01. The van der Waals surface area contributed by atoms with E-state index in [2.05, 4.69) is 32.5 Å². The number of fused-ring (bicyclic) bond motifs is 1. The molecule has 1 aromatic heterocycles. The van der Waals surface area contributed by atoms with Gasteiger partial charge in [-0.25, -0.2) is 9.78 Å². The number of amides is 4. The smallest absolute Gasteiger partial charge is 0.330 e. The van der Waals surface area contributed by atoms with Crippen molar-refractivity contribution in [3.63, 3.8) is 0 Å². The molecule has 3 N–H and O–H groups in total. The van der Waals surface area contributed by atoms with Gasteiger partial charge in [-0.1, -0.05) is 30.8 Å². The van der Waals surface area contributed by atoms with Gasteiger partial charge < -0.3 is 20.7 Å². The van der Waals surface area contributed by atoms with E-state index in [9.17, 15) is 14.4 Å². The highest BCUT2D eigenvalue weighted by Crippen LogP contribution is 2.34. The number of para-hydroxylation sites is 1. The van der Waals surface area contributed by atoms with Crippen LogP contribution in [0.3, 0.4) is 0 Å². The van der Waals surface area contributed by atoms with E-state index in [1.165, 1.54) is 18.1 Å². The third-order valence-electron chi connectivity index (χ3n) is 7.05. The van der Waals surface area contributed by atoms with Crippen molar-refractivity contribution in [3.8, 4) is 5.75 Å². The molecule has 11 nitrogen and oxygen atoms in total. The maximum atomic E-state index is 13.6. The van der Waals surface area contributed by atoms with Crippen LogP contribution in [0.2, 0.25) is 0 Å². The zero-order valence-electron chi connectivity index (χ0n) is 24.3. The number of aryl methyl sites for hydroxylation is 2. The van der Waals surface area contributed by atoms with Crippen LogP contribution in [0.15, 0.2) is 79.5 Å². The molecule has 4 aromatic rings. The van der Waals surface area contributed by atoms with Crippen LogP contribution in [0.5, 0.6) is 5.75 Å². The summed E-state index contributed by atoms with van der Waals surface area (Å²) in [4.78, 5) is 50.5. The minimum absolute atomic E-state index is 0.242. The Morgan fingerprint density at radius 2 is 1.74 bits per heavy atom. The Morgan fingerprint density at radius 1 is 1.00 bits per heavy atom. The van der Waals surface area contributed by atoms with Crippen LogP contribution >= 0.6 is 0 Å². The first kappa shape index (κ1) is 28.8. The molecule has 2 heterocycles. The average Bonchev–Trinajstić information content (AvgIpc) is 3.01. The second kappa shape index (κ2) is 12.0. The number of ether oxygens (including phenoxy) is 1. The first-order chi connectivity index (χ1) is 20.7. The van der Waals surface area contributed by atoms with Crippen LogP contribution in [0.4, 0.5) is 39.3 Å². The Morgan fingerprint density at radius 3 is 2.51 bits per heavy atom. The standard InChI is InChI=1S/C32H31N7O4/c1-6-28(40)36-25-15-22(13-11-19(25)2)35-31-33-17-21-18-39(32(42)38(4)29(21)37-31)26-16-23(14-12-20(26)3)34-30(41)24-9-7-8-10-27(24)43-5/h6-17H,1,18H2,2-5H3,(H,34,41)(H,36,40)(H,33,35,37). The van der Waals surface area contributed by atoms with E-state index in [1.807, 2.05) is 32.0 Å². The zero-order chi connectivity index (χ0) is 30.7. The molecule has 0 bridgehead atoms. The number of carbonyl (C=O) groups excluding carboxylic acids is 3. The van der Waals surface area contributed by atoms with Gasteiger partial charge in [0, 0.05) is 35.9 Å². The first-order valence-electron chi connectivity index (χ1n) is 13.5. The number of nitrogens with zero attached hydrogens (tertiary/aromatic N) is 4. The predicted molar refractivity (Wildman–Crippen MR) is 167 cm³/mol. The lowest BCUT2D eigenvalue weighted by Crippen LogP contribution is -2.46. The van der Waals surface area contributed by atoms with Crippen LogP contribution in [0.1, 0.15) is 27.0 Å². The van der Waals surface area contributed by atoms with Gasteiger partial charge in [0.25, 0.3) is 5.91 Å². The normalized spacial score (nSPS) is 12.3. The summed E-state index contributed by atoms with van der Waals surface area (Å²) in [5.41, 5.74) is 5.38. The molecule has 11 heteroatoms. The molecule has 0 aliphatic carbocycles. The SMILES string of the molecule is C=CC(=O)Nc1cc(Nc2ncc3c(n2)N(C)C(=O)N(c2cc(NC(=O)c4ccccc4OC)ccc2C)C3)ccc1C. The average molecular weight is 578 g/mol. The van der Waals surface area contributed by atoms with Crippen LogP contribution < -0.4 is 30.5 Å². The highest BCUT2D eigenvalue weighted by atomic mass is 16.5. The fraction of sp³-hybridized carbons (Fsp3) is 0.156. The molecule has 0 unspecified atom stereocenters. The van der Waals surface area contributed by atoms with Gasteiger partial charge in [-0.05, 0) is 67.4 Å². The van der Waals surface area contributed by atoms with E-state index in [4.69, 9.17) is 4.74 Å². The van der Waals surface area contributed by atoms with Gasteiger partial charge in [0.15, 0.2) is 0 Å². The number of rotatable bonds is 8. The Balaban J connectivity index is 1.37. The summed E-state index contributed by atoms with van der Waals surface area (Å²) in [6, 6.07) is 17.6. The van der Waals surface area contributed by atoms with E-state index < -0.39 is 0 Å². The predicted octanol–water partition coefficient (Wildman–Crippen LogP) is 5.80. The minimum atomic E-state index is -0.322. The maximum absolute atomic E-state index is 13.6. The fourth-order valence-corrected chi connectivity index (χ4v) is 4.71. The van der Waals surface area contributed by atoms with Gasteiger partial charge in [-0.2, -0.15) is 4.98 Å². The van der Waals surface area contributed by atoms with Gasteiger partial charge in [0.1, 0.15) is 11.6 Å². The van der Waals surface area contributed by atoms with Crippen molar-refractivity contribution in [2.45, 2.75) is 20.4 Å². The molecule has 0 radical (unpaired) electrons. The molecule has 0 fully saturated rings. The second-order valence-corrected chi connectivity index (χ2v) is 9.97. The van der Waals surface area contributed by atoms with Crippen LogP contribution in [0.25, 0.3) is 0 Å². The van der Waals surface area contributed by atoms with Crippen molar-refractivity contribution < 1.29 is 19.1 Å². The molecule has 1 aliphatic rings. The lowest BCUT2D eigenvalue weighted by Gasteiger charge is -2.35. The fourth-order valence-electron chi connectivity index (χ4n) is 4.71. The first-order valence-corrected chi connectivity index (χ1v) is 13.5. The van der Waals surface area contributed by atoms with Gasteiger partial charge >= 0.3 is 6.03 Å². The number of urea groups is 1. The largest absolute Gasteiger partial charge is 0.496 e. The van der Waals surface area contributed by atoms with E-state index >= 15 is 0 Å². The van der Waals surface area contributed by atoms with Gasteiger partial charge in [-0.15, -0.1) is 0 Å². The van der Waals surface area contributed by atoms with Crippen LogP contribution in [0, 0.1) is 13.8 Å². The summed E-state index contributed by atoms with van der Waals surface area (Å²) in [6.07, 6.45) is 2.88. The van der Waals surface area contributed by atoms with Crippen molar-refractivity contribution in [2.75, 3.05) is 39.9 Å². The Kier molecular flexibility index (Phi) is 8.06. The van der Waals surface area contributed by atoms with Gasteiger partial charge in [0.05, 0.1) is 24.9 Å². The lowest BCUT2D eigenvalue weighted by atomic mass is 10.1. The monoisotopic (exact) mass is 577 g/mol. The minimum Gasteiger partial charge on any atom is -0.496 e. The molecule has 4 amide bonds. The molecule has 3 aromatic carbocycles. The molecule has 1 aliphatic heterocycles.